The van der Waals surface area contributed by atoms with Crippen molar-refractivity contribution in [1.82, 2.24) is 9.80 Å². The van der Waals surface area contributed by atoms with Gasteiger partial charge in [-0.25, -0.2) is 9.59 Å². The molecule has 8 heteroatoms. The van der Waals surface area contributed by atoms with Gasteiger partial charge in [-0.1, -0.05) is 48.0 Å². The number of halogens is 2. The van der Waals surface area contributed by atoms with Crippen molar-refractivity contribution in [3.8, 4) is 0 Å². The molecule has 1 aromatic rings. The van der Waals surface area contributed by atoms with Gasteiger partial charge in [-0.3, -0.25) is 4.90 Å². The smallest absolute Gasteiger partial charge is 0.415 e. The lowest BCUT2D eigenvalue weighted by Gasteiger charge is -2.36. The van der Waals surface area contributed by atoms with E-state index in [2.05, 4.69) is 0 Å². The lowest BCUT2D eigenvalue weighted by molar-refractivity contribution is -0.00127. The van der Waals surface area contributed by atoms with Gasteiger partial charge in [0.05, 0.1) is 11.9 Å². The van der Waals surface area contributed by atoms with Gasteiger partial charge in [0.1, 0.15) is 12.2 Å². The average Bonchev–Trinajstić information content (AvgIpc) is 3.05. The highest BCUT2D eigenvalue weighted by Crippen LogP contribution is 2.37. The van der Waals surface area contributed by atoms with Crippen molar-refractivity contribution in [2.75, 3.05) is 19.6 Å². The second-order valence-electron chi connectivity index (χ2n) is 7.53. The first kappa shape index (κ1) is 20.1. The minimum Gasteiger partial charge on any atom is -0.445 e. The molecule has 1 aromatic carbocycles. The molecule has 0 saturated carbocycles. The van der Waals surface area contributed by atoms with Gasteiger partial charge < -0.3 is 14.4 Å². The lowest BCUT2D eigenvalue weighted by atomic mass is 9.91. The molecule has 29 heavy (non-hydrogen) atoms. The summed E-state index contributed by atoms with van der Waals surface area (Å²) in [4.78, 5) is 28.1. The quantitative estimate of drug-likeness (QED) is 0.648. The Morgan fingerprint density at radius 3 is 2.66 bits per heavy atom. The maximum Gasteiger partial charge on any atom is 0.415 e. The molecule has 1 aliphatic carbocycles. The number of amides is 2. The number of allylic oxidation sites excluding steroid dienone is 3. The topological polar surface area (TPSA) is 59.1 Å². The average molecular weight is 437 g/mol. The van der Waals surface area contributed by atoms with E-state index >= 15 is 0 Å². The molecule has 2 fully saturated rings. The number of rotatable bonds is 3. The SMILES string of the molecule is O=C(OCc1ccccc1)N1CCC2(CC1)CN(C1=CCC(Cl)C(Cl)=C1)C(=O)O2. The molecular formula is C21H22Cl2N2O4. The van der Waals surface area contributed by atoms with E-state index in [9.17, 15) is 9.59 Å². The van der Waals surface area contributed by atoms with Crippen molar-refractivity contribution in [2.45, 2.75) is 36.8 Å². The van der Waals surface area contributed by atoms with Crippen LogP contribution in [0, 0.1) is 0 Å². The summed E-state index contributed by atoms with van der Waals surface area (Å²) in [5.41, 5.74) is 1.08. The molecule has 0 N–H and O–H groups in total. The molecule has 2 amide bonds. The van der Waals surface area contributed by atoms with Crippen molar-refractivity contribution < 1.29 is 19.1 Å². The van der Waals surface area contributed by atoms with Crippen LogP contribution in [0.1, 0.15) is 24.8 Å². The number of hydrogen-bond acceptors (Lipinski definition) is 4. The Hall–Kier alpha value is -2.18. The van der Waals surface area contributed by atoms with Crippen LogP contribution >= 0.6 is 23.2 Å². The minimum atomic E-state index is -0.591. The number of piperidine rings is 1. The van der Waals surface area contributed by atoms with E-state index < -0.39 is 5.60 Å². The largest absolute Gasteiger partial charge is 0.445 e. The Bertz CT molecular complexity index is 847. The van der Waals surface area contributed by atoms with Crippen molar-refractivity contribution in [1.29, 1.82) is 0 Å². The maximum absolute atomic E-state index is 12.5. The van der Waals surface area contributed by atoms with Crippen LogP contribution in [0.4, 0.5) is 9.59 Å². The molecule has 2 aliphatic heterocycles. The number of benzene rings is 1. The highest BCUT2D eigenvalue weighted by atomic mass is 35.5. The molecule has 1 atom stereocenters. The molecule has 1 unspecified atom stereocenters. The van der Waals surface area contributed by atoms with Gasteiger partial charge in [-0.2, -0.15) is 0 Å². The molecule has 1 spiro atoms. The molecular weight excluding hydrogens is 415 g/mol. The third-order valence-corrected chi connectivity index (χ3v) is 6.44. The van der Waals surface area contributed by atoms with Crippen LogP contribution in [0.15, 0.2) is 53.2 Å². The van der Waals surface area contributed by atoms with Crippen molar-refractivity contribution in [3.05, 3.63) is 58.8 Å². The molecule has 0 aromatic heterocycles. The predicted octanol–water partition coefficient (Wildman–Crippen LogP) is 4.63. The summed E-state index contributed by atoms with van der Waals surface area (Å²) in [6, 6.07) is 9.57. The number of carbonyl (C=O) groups excluding carboxylic acids is 2. The van der Waals surface area contributed by atoms with Crippen molar-refractivity contribution in [2.24, 2.45) is 0 Å². The molecule has 154 valence electrons. The van der Waals surface area contributed by atoms with Gasteiger partial charge >= 0.3 is 12.2 Å². The molecule has 2 saturated heterocycles. The summed E-state index contributed by atoms with van der Waals surface area (Å²) in [5.74, 6) is 0. The van der Waals surface area contributed by atoms with Crippen molar-refractivity contribution >= 4 is 35.4 Å². The van der Waals surface area contributed by atoms with E-state index in [0.717, 1.165) is 11.3 Å². The third-order valence-electron chi connectivity index (χ3n) is 5.54. The van der Waals surface area contributed by atoms with Gasteiger partial charge in [-0.05, 0) is 18.1 Å². The predicted molar refractivity (Wildman–Crippen MR) is 110 cm³/mol. The first-order valence-corrected chi connectivity index (χ1v) is 10.4. The summed E-state index contributed by atoms with van der Waals surface area (Å²) in [6.07, 6.45) is 4.60. The van der Waals surface area contributed by atoms with E-state index in [-0.39, 0.29) is 24.2 Å². The molecule has 2 heterocycles. The maximum atomic E-state index is 12.5. The van der Waals surface area contributed by atoms with Gasteiger partial charge in [-0.15, -0.1) is 11.6 Å². The van der Waals surface area contributed by atoms with Crippen LogP contribution in [0.25, 0.3) is 0 Å². The molecule has 0 bridgehead atoms. The summed E-state index contributed by atoms with van der Waals surface area (Å²) in [5, 5.41) is 0.270. The van der Waals surface area contributed by atoms with Crippen LogP contribution < -0.4 is 0 Å². The number of carbonyl (C=O) groups is 2. The Balaban J connectivity index is 1.32. The first-order chi connectivity index (χ1) is 14.0. The van der Waals surface area contributed by atoms with Crippen LogP contribution in [-0.2, 0) is 16.1 Å². The highest BCUT2D eigenvalue weighted by molar-refractivity contribution is 6.37. The zero-order valence-corrected chi connectivity index (χ0v) is 17.4. The Morgan fingerprint density at radius 1 is 1.24 bits per heavy atom. The summed E-state index contributed by atoms with van der Waals surface area (Å²) < 4.78 is 11.1. The Labute approximate surface area is 179 Å². The Morgan fingerprint density at radius 2 is 1.97 bits per heavy atom. The van der Waals surface area contributed by atoms with E-state index in [0.29, 0.717) is 43.9 Å². The van der Waals surface area contributed by atoms with Gasteiger partial charge in [0, 0.05) is 36.7 Å². The Kier molecular flexibility index (Phi) is 5.74. The molecule has 3 aliphatic rings. The van der Waals surface area contributed by atoms with E-state index in [1.807, 2.05) is 36.4 Å². The molecule has 0 radical (unpaired) electrons. The van der Waals surface area contributed by atoms with Crippen LogP contribution in [0.2, 0.25) is 0 Å². The minimum absolute atomic E-state index is 0.243. The number of likely N-dealkylation sites (tertiary alicyclic amines) is 1. The molecule has 4 rings (SSSR count). The zero-order valence-electron chi connectivity index (χ0n) is 15.9. The molecule has 6 nitrogen and oxygen atoms in total. The number of ether oxygens (including phenoxy) is 2. The second kappa shape index (κ2) is 8.28. The highest BCUT2D eigenvalue weighted by Gasteiger charge is 2.48. The fourth-order valence-corrected chi connectivity index (χ4v) is 4.16. The van der Waals surface area contributed by atoms with Crippen LogP contribution in [0.3, 0.4) is 0 Å². The monoisotopic (exact) mass is 436 g/mol. The van der Waals surface area contributed by atoms with E-state index in [4.69, 9.17) is 32.7 Å². The van der Waals surface area contributed by atoms with E-state index in [1.165, 1.54) is 0 Å². The van der Waals surface area contributed by atoms with Gasteiger partial charge in [0.2, 0.25) is 0 Å². The summed E-state index contributed by atoms with van der Waals surface area (Å²) >= 11 is 12.2. The third kappa shape index (κ3) is 4.38. The number of hydrogen-bond donors (Lipinski definition) is 0. The first-order valence-electron chi connectivity index (χ1n) is 9.63. The second-order valence-corrected chi connectivity index (χ2v) is 8.49. The normalized spacial score (nSPS) is 23.5. The van der Waals surface area contributed by atoms with Crippen molar-refractivity contribution in [3.63, 3.8) is 0 Å². The lowest BCUT2D eigenvalue weighted by Crippen LogP contribution is -2.48. The number of alkyl halides is 1. The van der Waals surface area contributed by atoms with Crippen LogP contribution in [-0.4, -0.2) is 52.6 Å². The summed E-state index contributed by atoms with van der Waals surface area (Å²) in [6.45, 7) is 1.65. The number of nitrogens with zero attached hydrogens (tertiary/aromatic N) is 2. The van der Waals surface area contributed by atoms with Gasteiger partial charge in [0.15, 0.2) is 0 Å². The zero-order chi connectivity index (χ0) is 20.4. The standard InChI is InChI=1S/C21H22Cl2N2O4/c22-17-7-6-16(12-18(17)23)25-14-21(29-20(25)27)8-10-24(11-9-21)19(26)28-13-15-4-2-1-3-5-15/h1-6,12,17H,7-11,13-14H2. The fourth-order valence-electron chi connectivity index (χ4n) is 3.81. The fraction of sp³-hybridized carbons (Fsp3) is 0.429. The van der Waals surface area contributed by atoms with Crippen LogP contribution in [0.5, 0.6) is 0 Å². The van der Waals surface area contributed by atoms with E-state index in [1.54, 1.807) is 15.9 Å². The van der Waals surface area contributed by atoms with Gasteiger partial charge in [0.25, 0.3) is 0 Å². The summed E-state index contributed by atoms with van der Waals surface area (Å²) in [7, 11) is 0.